The second-order valence-corrected chi connectivity index (χ2v) is 9.59. The number of nitrogens with zero attached hydrogens (tertiary/aromatic N) is 4. The lowest BCUT2D eigenvalue weighted by molar-refractivity contribution is 0.406. The second-order valence-electron chi connectivity index (χ2n) is 7.56. The summed E-state index contributed by atoms with van der Waals surface area (Å²) in [5, 5.41) is 13.9. The smallest absolute Gasteiger partial charge is 0.130 e. The third-order valence-corrected chi connectivity index (χ3v) is 7.59. The minimum Gasteiger partial charge on any atom is -0.130 e. The molecular weight excluding hydrogens is 328 g/mol. The van der Waals surface area contributed by atoms with E-state index in [2.05, 4.69) is 36.2 Å². The van der Waals surface area contributed by atoms with Crippen molar-refractivity contribution in [2.24, 2.45) is 17.3 Å². The summed E-state index contributed by atoms with van der Waals surface area (Å²) >= 11 is 8.54. The number of benzene rings is 1. The number of hydrogen-bond donors (Lipinski definition) is 0. The van der Waals surface area contributed by atoms with E-state index in [0.717, 1.165) is 30.4 Å². The highest BCUT2D eigenvalue weighted by Gasteiger charge is 2.63. The van der Waals surface area contributed by atoms with Crippen molar-refractivity contribution in [3.05, 3.63) is 30.3 Å². The van der Waals surface area contributed by atoms with Crippen LogP contribution in [-0.4, -0.2) is 30.3 Å². The molecule has 0 unspecified atom stereocenters. The Hall–Kier alpha value is -1.07. The van der Waals surface area contributed by atoms with Crippen LogP contribution in [0.3, 0.4) is 0 Å². The number of hydrogen-bond acceptors (Lipinski definition) is 4. The van der Waals surface area contributed by atoms with Crippen molar-refractivity contribution in [3.63, 3.8) is 0 Å². The molecule has 23 heavy (non-hydrogen) atoms. The molecular formula is C17H21ClN4S. The summed E-state index contributed by atoms with van der Waals surface area (Å²) in [6, 6.07) is 9.86. The summed E-state index contributed by atoms with van der Waals surface area (Å²) in [6.07, 6.45) is 2.22. The highest BCUT2D eigenvalue weighted by atomic mass is 35.5. The van der Waals surface area contributed by atoms with Gasteiger partial charge in [-0.2, -0.15) is 0 Å². The van der Waals surface area contributed by atoms with Gasteiger partial charge in [0, 0.05) is 5.25 Å². The van der Waals surface area contributed by atoms with E-state index in [-0.39, 0.29) is 4.87 Å². The number of halogens is 1. The van der Waals surface area contributed by atoms with Crippen LogP contribution < -0.4 is 0 Å². The summed E-state index contributed by atoms with van der Waals surface area (Å²) in [7, 11) is 0. The fourth-order valence-corrected chi connectivity index (χ4v) is 5.48. The molecule has 2 fully saturated rings. The van der Waals surface area contributed by atoms with Crippen molar-refractivity contribution in [1.82, 2.24) is 20.2 Å². The van der Waals surface area contributed by atoms with Crippen molar-refractivity contribution in [2.45, 2.75) is 48.9 Å². The zero-order valence-corrected chi connectivity index (χ0v) is 15.2. The lowest BCUT2D eigenvalue weighted by Crippen LogP contribution is -2.35. The molecule has 2 aromatic rings. The third kappa shape index (κ3) is 2.68. The molecule has 0 bridgehead atoms. The number of thioether (sulfide) groups is 1. The maximum atomic E-state index is 6.86. The molecule has 2 aliphatic carbocycles. The van der Waals surface area contributed by atoms with Crippen LogP contribution in [0, 0.1) is 17.3 Å². The van der Waals surface area contributed by atoms with Crippen molar-refractivity contribution in [3.8, 4) is 5.69 Å². The standard InChI is InChI=1S/C17H21ClN4S/c1-16(2)12-9-14(17(3,18)10-13(12)16)23-15-19-21-22(20-15)11-7-5-4-6-8-11/h4-8,12-14H,9-10H2,1-3H3/t12-,13-,14-,17-/m1/s1. The largest absolute Gasteiger partial charge is 0.231 e. The van der Waals surface area contributed by atoms with Crippen LogP contribution in [0.15, 0.2) is 35.5 Å². The second kappa shape index (κ2) is 5.21. The highest BCUT2D eigenvalue weighted by Crippen LogP contribution is 2.68. The van der Waals surface area contributed by atoms with Crippen molar-refractivity contribution in [1.29, 1.82) is 0 Å². The molecule has 1 aromatic heterocycles. The summed E-state index contributed by atoms with van der Waals surface area (Å²) in [4.78, 5) is 1.39. The quantitative estimate of drug-likeness (QED) is 0.780. The number of fused-ring (bicyclic) bond motifs is 1. The van der Waals surface area contributed by atoms with Crippen LogP contribution in [0.2, 0.25) is 0 Å². The number of para-hydroxylation sites is 1. The molecule has 0 aliphatic heterocycles. The first-order valence-corrected chi connectivity index (χ1v) is 9.35. The van der Waals surface area contributed by atoms with Gasteiger partial charge in [0.25, 0.3) is 0 Å². The Labute approximate surface area is 146 Å². The average Bonchev–Trinajstić information content (AvgIpc) is 2.89. The normalized spacial score (nSPS) is 34.9. The van der Waals surface area contributed by atoms with Gasteiger partial charge in [-0.1, -0.05) is 43.8 Å². The first kappa shape index (κ1) is 15.5. The minimum absolute atomic E-state index is 0.197. The molecule has 0 amide bonds. The Morgan fingerprint density at radius 3 is 2.65 bits per heavy atom. The van der Waals surface area contributed by atoms with Gasteiger partial charge in [0.05, 0.1) is 10.6 Å². The van der Waals surface area contributed by atoms with Crippen LogP contribution >= 0.6 is 23.4 Å². The van der Waals surface area contributed by atoms with Crippen LogP contribution in [0.25, 0.3) is 5.69 Å². The highest BCUT2D eigenvalue weighted by molar-refractivity contribution is 7.99. The SMILES string of the molecule is CC1(C)[C@@H]2C[C@@H](Sc3nnn(-c4ccccc4)n3)[C@](C)(Cl)C[C@H]21. The maximum absolute atomic E-state index is 6.86. The molecule has 1 aromatic carbocycles. The van der Waals surface area contributed by atoms with E-state index in [1.165, 1.54) is 0 Å². The molecule has 0 radical (unpaired) electrons. The zero-order valence-electron chi connectivity index (χ0n) is 13.6. The van der Waals surface area contributed by atoms with Gasteiger partial charge in [0.2, 0.25) is 5.16 Å². The van der Waals surface area contributed by atoms with Crippen LogP contribution in [0.5, 0.6) is 0 Å². The maximum Gasteiger partial charge on any atom is 0.231 e. The molecule has 2 aliphatic rings. The van der Waals surface area contributed by atoms with Gasteiger partial charge >= 0.3 is 0 Å². The van der Waals surface area contributed by atoms with Gasteiger partial charge in [-0.25, -0.2) is 0 Å². The van der Waals surface area contributed by atoms with E-state index in [1.807, 2.05) is 30.3 Å². The predicted octanol–water partition coefficient (Wildman–Crippen LogP) is 4.19. The Bertz CT molecular complexity index is 712. The fraction of sp³-hybridized carbons (Fsp3) is 0.588. The molecule has 122 valence electrons. The lowest BCUT2D eigenvalue weighted by Gasteiger charge is -2.34. The first-order chi connectivity index (χ1) is 10.9. The van der Waals surface area contributed by atoms with Crippen molar-refractivity contribution >= 4 is 23.4 Å². The van der Waals surface area contributed by atoms with Crippen LogP contribution in [0.1, 0.15) is 33.6 Å². The van der Waals surface area contributed by atoms with Gasteiger partial charge in [0.1, 0.15) is 0 Å². The van der Waals surface area contributed by atoms with Crippen molar-refractivity contribution in [2.75, 3.05) is 0 Å². The Morgan fingerprint density at radius 1 is 1.17 bits per heavy atom. The number of tetrazole rings is 1. The molecule has 6 heteroatoms. The molecule has 0 saturated heterocycles. The molecule has 0 N–H and O–H groups in total. The summed E-state index contributed by atoms with van der Waals surface area (Å²) in [6.45, 7) is 6.90. The predicted molar refractivity (Wildman–Crippen MR) is 93.1 cm³/mol. The monoisotopic (exact) mass is 348 g/mol. The summed E-state index contributed by atoms with van der Waals surface area (Å²) in [5.41, 5.74) is 1.37. The minimum atomic E-state index is -0.197. The Balaban J connectivity index is 1.51. The Kier molecular flexibility index (Phi) is 3.50. The molecule has 4 atom stereocenters. The van der Waals surface area contributed by atoms with E-state index >= 15 is 0 Å². The fourth-order valence-electron chi connectivity index (χ4n) is 3.99. The zero-order chi connectivity index (χ0) is 16.2. The van der Waals surface area contributed by atoms with Gasteiger partial charge < -0.3 is 0 Å². The topological polar surface area (TPSA) is 43.6 Å². The molecule has 0 spiro atoms. The van der Waals surface area contributed by atoms with Gasteiger partial charge in [-0.05, 0) is 54.4 Å². The number of alkyl halides is 1. The third-order valence-electron chi connectivity index (χ3n) is 5.68. The van der Waals surface area contributed by atoms with Gasteiger partial charge in [-0.3, -0.25) is 0 Å². The summed E-state index contributed by atoms with van der Waals surface area (Å²) in [5.74, 6) is 1.56. The van der Waals surface area contributed by atoms with E-state index in [1.54, 1.807) is 16.6 Å². The first-order valence-electron chi connectivity index (χ1n) is 8.09. The van der Waals surface area contributed by atoms with E-state index in [0.29, 0.717) is 15.8 Å². The molecule has 4 rings (SSSR count). The lowest BCUT2D eigenvalue weighted by atomic mass is 9.89. The molecule has 1 heterocycles. The average molecular weight is 349 g/mol. The van der Waals surface area contributed by atoms with E-state index in [4.69, 9.17) is 11.6 Å². The van der Waals surface area contributed by atoms with E-state index in [9.17, 15) is 0 Å². The summed E-state index contributed by atoms with van der Waals surface area (Å²) < 4.78 is 0. The molecule has 4 nitrogen and oxygen atoms in total. The number of aromatic nitrogens is 4. The van der Waals surface area contributed by atoms with Crippen LogP contribution in [0.4, 0.5) is 0 Å². The van der Waals surface area contributed by atoms with Crippen molar-refractivity contribution < 1.29 is 0 Å². The van der Waals surface area contributed by atoms with Gasteiger partial charge in [-0.15, -0.1) is 26.6 Å². The van der Waals surface area contributed by atoms with Gasteiger partial charge in [0.15, 0.2) is 0 Å². The van der Waals surface area contributed by atoms with E-state index < -0.39 is 0 Å². The number of rotatable bonds is 3. The Morgan fingerprint density at radius 2 is 1.91 bits per heavy atom. The molecule has 2 saturated carbocycles. The van der Waals surface area contributed by atoms with Crippen LogP contribution in [-0.2, 0) is 0 Å².